The number of hydrogen-bond donors (Lipinski definition) is 1. The van der Waals surface area contributed by atoms with Crippen molar-refractivity contribution in [1.82, 2.24) is 0 Å². The molecule has 0 fully saturated rings. The Hall–Kier alpha value is -3.38. The summed E-state index contributed by atoms with van der Waals surface area (Å²) >= 11 is 7.19. The van der Waals surface area contributed by atoms with Crippen LogP contribution >= 0.6 is 22.9 Å². The van der Waals surface area contributed by atoms with Gasteiger partial charge in [0, 0.05) is 22.5 Å². The average Bonchev–Trinajstić information content (AvgIpc) is 3.24. The highest BCUT2D eigenvalue weighted by molar-refractivity contribution is 7.92. The van der Waals surface area contributed by atoms with Crippen molar-refractivity contribution in [2.24, 2.45) is 0 Å². The first-order chi connectivity index (χ1) is 15.8. The summed E-state index contributed by atoms with van der Waals surface area (Å²) in [7, 11) is -2.27. The highest BCUT2D eigenvalue weighted by Crippen LogP contribution is 2.31. The van der Waals surface area contributed by atoms with Gasteiger partial charge in [-0.05, 0) is 71.6 Å². The molecule has 1 heterocycles. The third-order valence-electron chi connectivity index (χ3n) is 5.05. The number of fused-ring (bicyclic) bond motifs is 1. The molecule has 0 bridgehead atoms. The summed E-state index contributed by atoms with van der Waals surface area (Å²) in [6.45, 7) is 0. The molecule has 6 nitrogen and oxygen atoms in total. The maximum atomic E-state index is 13.0. The summed E-state index contributed by atoms with van der Waals surface area (Å²) in [5, 5.41) is 12.8. The molecule has 4 aromatic rings. The molecule has 0 atom stereocenters. The van der Waals surface area contributed by atoms with Crippen LogP contribution in [0.3, 0.4) is 0 Å². The van der Waals surface area contributed by atoms with Crippen molar-refractivity contribution in [3.63, 3.8) is 0 Å². The van der Waals surface area contributed by atoms with Crippen LogP contribution in [0.5, 0.6) is 0 Å². The van der Waals surface area contributed by atoms with Crippen molar-refractivity contribution in [3.8, 4) is 6.07 Å². The fourth-order valence-corrected chi connectivity index (χ4v) is 5.48. The van der Waals surface area contributed by atoms with E-state index in [9.17, 15) is 13.2 Å². The molecular weight excluding hydrogens is 478 g/mol. The van der Waals surface area contributed by atoms with Crippen LogP contribution in [0, 0.1) is 11.3 Å². The summed E-state index contributed by atoms with van der Waals surface area (Å²) in [5.41, 5.74) is 1.99. The molecule has 33 heavy (non-hydrogen) atoms. The standard InChI is InChI=1S/C24H18ClN3O3S2/c1-28(33(30,31)21-9-4-18(25)5-10-21)20-8-11-22-17(14-20)15-23(32-22)24(29)27-19-6-2-16(3-7-19)12-13-26/h2-11,14-15H,12H2,1H3,(H,27,29). The van der Waals surface area contributed by atoms with Gasteiger partial charge in [-0.1, -0.05) is 23.7 Å². The number of nitriles is 1. The number of anilines is 2. The first-order valence-corrected chi connectivity index (χ1v) is 12.5. The largest absolute Gasteiger partial charge is 0.321 e. The smallest absolute Gasteiger partial charge is 0.265 e. The van der Waals surface area contributed by atoms with Crippen molar-refractivity contribution >= 4 is 60.3 Å². The molecule has 0 aliphatic heterocycles. The van der Waals surface area contributed by atoms with Crippen LogP contribution in [0.25, 0.3) is 10.1 Å². The number of halogens is 1. The molecule has 0 unspecified atom stereocenters. The predicted molar refractivity (Wildman–Crippen MR) is 133 cm³/mol. The van der Waals surface area contributed by atoms with Crippen LogP contribution < -0.4 is 9.62 Å². The lowest BCUT2D eigenvalue weighted by molar-refractivity contribution is 0.103. The normalized spacial score (nSPS) is 11.2. The lowest BCUT2D eigenvalue weighted by atomic mass is 10.1. The number of benzene rings is 3. The monoisotopic (exact) mass is 495 g/mol. The summed E-state index contributed by atoms with van der Waals surface area (Å²) in [4.78, 5) is 13.4. The highest BCUT2D eigenvalue weighted by Gasteiger charge is 2.22. The van der Waals surface area contributed by atoms with Crippen molar-refractivity contribution < 1.29 is 13.2 Å². The Morgan fingerprint density at radius 3 is 2.42 bits per heavy atom. The second kappa shape index (κ2) is 9.24. The topological polar surface area (TPSA) is 90.3 Å². The van der Waals surface area contributed by atoms with Crippen molar-refractivity contribution in [2.75, 3.05) is 16.7 Å². The van der Waals surface area contributed by atoms with Gasteiger partial charge in [-0.2, -0.15) is 5.26 Å². The second-order valence-corrected chi connectivity index (χ2v) is 10.7. The van der Waals surface area contributed by atoms with Crippen LogP contribution in [-0.4, -0.2) is 21.4 Å². The average molecular weight is 496 g/mol. The molecule has 0 radical (unpaired) electrons. The summed E-state index contributed by atoms with van der Waals surface area (Å²) in [6, 6.07) is 22.2. The van der Waals surface area contributed by atoms with Crippen LogP contribution in [0.2, 0.25) is 5.02 Å². The molecule has 0 aliphatic carbocycles. The van der Waals surface area contributed by atoms with Gasteiger partial charge in [0.1, 0.15) is 0 Å². The number of thiophene rings is 1. The van der Waals surface area contributed by atoms with E-state index in [2.05, 4.69) is 11.4 Å². The lowest BCUT2D eigenvalue weighted by Gasteiger charge is -2.19. The van der Waals surface area contributed by atoms with E-state index in [-0.39, 0.29) is 10.8 Å². The first kappa shape index (κ1) is 22.8. The molecule has 0 spiro atoms. The minimum absolute atomic E-state index is 0.140. The molecule has 4 rings (SSSR count). The molecule has 1 N–H and O–H groups in total. The van der Waals surface area contributed by atoms with E-state index >= 15 is 0 Å². The van der Waals surface area contributed by atoms with Gasteiger partial charge in [0.2, 0.25) is 0 Å². The van der Waals surface area contributed by atoms with Gasteiger partial charge in [0.25, 0.3) is 15.9 Å². The van der Waals surface area contributed by atoms with E-state index in [0.29, 0.717) is 27.7 Å². The Bertz CT molecular complexity index is 1470. The molecule has 1 amide bonds. The molecule has 1 aromatic heterocycles. The van der Waals surface area contributed by atoms with Crippen LogP contribution in [0.4, 0.5) is 11.4 Å². The maximum absolute atomic E-state index is 13.0. The number of rotatable bonds is 6. The molecule has 0 saturated carbocycles. The van der Waals surface area contributed by atoms with Gasteiger partial charge in [-0.15, -0.1) is 11.3 Å². The number of carbonyl (C=O) groups excluding carboxylic acids is 1. The minimum Gasteiger partial charge on any atom is -0.321 e. The SMILES string of the molecule is CN(c1ccc2sc(C(=O)Nc3ccc(CC#N)cc3)cc2c1)S(=O)(=O)c1ccc(Cl)cc1. The summed E-state index contributed by atoms with van der Waals surface area (Å²) < 4.78 is 28.0. The summed E-state index contributed by atoms with van der Waals surface area (Å²) in [5.74, 6) is -0.257. The highest BCUT2D eigenvalue weighted by atomic mass is 35.5. The number of nitrogens with zero attached hydrogens (tertiary/aromatic N) is 2. The zero-order valence-electron chi connectivity index (χ0n) is 17.4. The van der Waals surface area contributed by atoms with Gasteiger partial charge in [-0.3, -0.25) is 9.10 Å². The van der Waals surface area contributed by atoms with Gasteiger partial charge in [0.05, 0.1) is 28.0 Å². The van der Waals surface area contributed by atoms with Crippen LogP contribution in [-0.2, 0) is 16.4 Å². The number of nitrogens with one attached hydrogen (secondary N) is 1. The fraction of sp³-hybridized carbons (Fsp3) is 0.0833. The Kier molecular flexibility index (Phi) is 6.38. The minimum atomic E-state index is -3.76. The molecule has 0 aliphatic rings. The molecule has 0 saturated heterocycles. The van der Waals surface area contributed by atoms with Crippen LogP contribution in [0.15, 0.2) is 77.7 Å². The Balaban J connectivity index is 1.56. The van der Waals surface area contributed by atoms with Crippen molar-refractivity contribution in [3.05, 3.63) is 88.3 Å². The summed E-state index contributed by atoms with van der Waals surface area (Å²) in [6.07, 6.45) is 0.315. The van der Waals surface area contributed by atoms with Gasteiger partial charge >= 0.3 is 0 Å². The molecule has 166 valence electrons. The van der Waals surface area contributed by atoms with Gasteiger partial charge in [0.15, 0.2) is 0 Å². The van der Waals surface area contributed by atoms with Gasteiger partial charge < -0.3 is 5.32 Å². The van der Waals surface area contributed by atoms with E-state index in [4.69, 9.17) is 16.9 Å². The zero-order valence-corrected chi connectivity index (χ0v) is 19.8. The Morgan fingerprint density at radius 2 is 1.76 bits per heavy atom. The predicted octanol–water partition coefficient (Wildman–Crippen LogP) is 5.70. The third-order valence-corrected chi connectivity index (χ3v) is 8.22. The quantitative estimate of drug-likeness (QED) is 0.371. The number of carbonyl (C=O) groups is 1. The fourth-order valence-electron chi connectivity index (χ4n) is 3.23. The Labute approximate surface area is 200 Å². The third kappa shape index (κ3) is 4.86. The molecule has 3 aromatic carbocycles. The number of hydrogen-bond acceptors (Lipinski definition) is 5. The van der Waals surface area contributed by atoms with E-state index in [1.807, 2.05) is 0 Å². The first-order valence-electron chi connectivity index (χ1n) is 9.83. The second-order valence-electron chi connectivity index (χ2n) is 7.25. The van der Waals surface area contributed by atoms with E-state index in [0.717, 1.165) is 15.6 Å². The van der Waals surface area contributed by atoms with Crippen LogP contribution in [0.1, 0.15) is 15.2 Å². The van der Waals surface area contributed by atoms with E-state index in [1.165, 1.54) is 47.0 Å². The Morgan fingerprint density at radius 1 is 1.06 bits per heavy atom. The van der Waals surface area contributed by atoms with E-state index < -0.39 is 10.0 Å². The zero-order chi connectivity index (χ0) is 23.6. The molecule has 9 heteroatoms. The van der Waals surface area contributed by atoms with Crippen molar-refractivity contribution in [2.45, 2.75) is 11.3 Å². The van der Waals surface area contributed by atoms with Crippen molar-refractivity contribution in [1.29, 1.82) is 5.26 Å². The number of sulfonamides is 1. The maximum Gasteiger partial charge on any atom is 0.265 e. The lowest BCUT2D eigenvalue weighted by Crippen LogP contribution is -2.26. The molecular formula is C24H18ClN3O3S2. The van der Waals surface area contributed by atoms with Gasteiger partial charge in [-0.25, -0.2) is 8.42 Å². The number of amides is 1. The van der Waals surface area contributed by atoms with E-state index in [1.54, 1.807) is 48.5 Å².